The highest BCUT2D eigenvalue weighted by Crippen LogP contribution is 2.25. The molecule has 1 saturated heterocycles. The summed E-state index contributed by atoms with van der Waals surface area (Å²) < 4.78 is 1.87. The molecule has 0 unspecified atom stereocenters. The summed E-state index contributed by atoms with van der Waals surface area (Å²) in [5, 5.41) is 5.46. The van der Waals surface area contributed by atoms with Crippen molar-refractivity contribution in [3.8, 4) is 11.3 Å². The van der Waals surface area contributed by atoms with E-state index >= 15 is 0 Å². The van der Waals surface area contributed by atoms with Crippen molar-refractivity contribution in [2.24, 2.45) is 0 Å². The normalized spacial score (nSPS) is 14.8. The van der Waals surface area contributed by atoms with Gasteiger partial charge in [0.2, 0.25) is 0 Å². The molecule has 1 N–H and O–H groups in total. The van der Waals surface area contributed by atoms with Gasteiger partial charge in [-0.1, -0.05) is 61.0 Å². The van der Waals surface area contributed by atoms with Gasteiger partial charge in [-0.2, -0.15) is 5.10 Å². The van der Waals surface area contributed by atoms with Gasteiger partial charge in [0.25, 0.3) is 5.91 Å². The number of carbonyl (C=O) groups is 1. The van der Waals surface area contributed by atoms with Crippen LogP contribution < -0.4 is 4.90 Å². The smallest absolute Gasteiger partial charge is 0.258 e. The lowest BCUT2D eigenvalue weighted by Crippen LogP contribution is -3.14. The maximum Gasteiger partial charge on any atom is 0.258 e. The summed E-state index contributed by atoms with van der Waals surface area (Å²) in [4.78, 5) is 17.0. The average Bonchev–Trinajstić information content (AvgIpc) is 3.19. The molecule has 2 aromatic carbocycles. The van der Waals surface area contributed by atoms with E-state index in [0.717, 1.165) is 43.0 Å². The first-order valence-corrected chi connectivity index (χ1v) is 11.0. The Bertz CT molecular complexity index is 976. The lowest BCUT2D eigenvalue weighted by molar-refractivity contribution is -0.904. The minimum Gasteiger partial charge on any atom is -0.332 e. The molecular formula is C24H28ClN4O+. The number of nitrogens with one attached hydrogen (secondary N) is 1. The molecule has 1 amide bonds. The van der Waals surface area contributed by atoms with Gasteiger partial charge in [-0.3, -0.25) is 9.48 Å². The number of aromatic nitrogens is 2. The molecule has 156 valence electrons. The molecule has 30 heavy (non-hydrogen) atoms. The number of hydrogen-bond acceptors (Lipinski definition) is 2. The summed E-state index contributed by atoms with van der Waals surface area (Å²) in [7, 11) is 0. The van der Waals surface area contributed by atoms with E-state index in [0.29, 0.717) is 17.1 Å². The van der Waals surface area contributed by atoms with Crippen LogP contribution in [0.2, 0.25) is 5.02 Å². The number of rotatable bonds is 6. The number of carbonyl (C=O) groups excluding carboxylic acids is 1. The molecular weight excluding hydrogens is 396 g/mol. The monoisotopic (exact) mass is 423 g/mol. The van der Waals surface area contributed by atoms with Crippen LogP contribution in [0.25, 0.3) is 11.3 Å². The lowest BCUT2D eigenvalue weighted by atomic mass is 10.1. The van der Waals surface area contributed by atoms with Crippen LogP contribution in [0, 0.1) is 0 Å². The summed E-state index contributed by atoms with van der Waals surface area (Å²) in [5.41, 5.74) is 3.44. The minimum absolute atomic E-state index is 0.0646. The molecule has 0 aliphatic carbocycles. The van der Waals surface area contributed by atoms with E-state index in [9.17, 15) is 4.79 Å². The number of nitrogens with zero attached hydrogens (tertiary/aromatic N) is 3. The van der Waals surface area contributed by atoms with Crippen molar-refractivity contribution in [2.75, 3.05) is 32.7 Å². The van der Waals surface area contributed by atoms with Crippen LogP contribution in [0.5, 0.6) is 0 Å². The lowest BCUT2D eigenvalue weighted by Gasteiger charge is -2.32. The predicted octanol–water partition coefficient (Wildman–Crippen LogP) is 3.00. The fraction of sp³-hybridized carbons (Fsp3) is 0.333. The van der Waals surface area contributed by atoms with Crippen molar-refractivity contribution in [1.29, 1.82) is 0 Å². The quantitative estimate of drug-likeness (QED) is 0.662. The minimum atomic E-state index is 0.0646. The van der Waals surface area contributed by atoms with Gasteiger partial charge in [0.15, 0.2) is 0 Å². The average molecular weight is 424 g/mol. The zero-order chi connectivity index (χ0) is 20.9. The van der Waals surface area contributed by atoms with Crippen LogP contribution in [0.15, 0.2) is 60.8 Å². The Morgan fingerprint density at radius 2 is 1.77 bits per heavy atom. The number of quaternary nitrogens is 1. The SMILES string of the molecule is CCC[NH+]1CCN(C(=O)c2cn(Cc3ccccc3)nc2-c2ccc(Cl)cc2)CC1. The third kappa shape index (κ3) is 4.74. The number of hydrogen-bond donors (Lipinski definition) is 1. The number of benzene rings is 2. The maximum atomic E-state index is 13.4. The standard InChI is InChI=1S/C24H27ClN4O/c1-2-12-27-13-15-28(16-14-27)24(30)22-18-29(17-19-6-4-3-5-7-19)26-23(22)20-8-10-21(25)11-9-20/h3-11,18H,2,12-17H2,1H3/p+1. The van der Waals surface area contributed by atoms with Gasteiger partial charge in [0.1, 0.15) is 5.69 Å². The molecule has 5 nitrogen and oxygen atoms in total. The highest BCUT2D eigenvalue weighted by Gasteiger charge is 2.27. The van der Waals surface area contributed by atoms with Crippen LogP contribution in [-0.2, 0) is 6.54 Å². The molecule has 1 fully saturated rings. The molecule has 0 radical (unpaired) electrons. The van der Waals surface area contributed by atoms with Crippen molar-refractivity contribution in [2.45, 2.75) is 19.9 Å². The number of piperazine rings is 1. The van der Waals surface area contributed by atoms with E-state index in [4.69, 9.17) is 16.7 Å². The second kappa shape index (κ2) is 9.45. The Balaban J connectivity index is 1.61. The highest BCUT2D eigenvalue weighted by atomic mass is 35.5. The van der Waals surface area contributed by atoms with E-state index in [1.807, 2.05) is 58.2 Å². The first kappa shape index (κ1) is 20.6. The van der Waals surface area contributed by atoms with Crippen LogP contribution in [-0.4, -0.2) is 53.3 Å². The third-order valence-corrected chi connectivity index (χ3v) is 5.91. The molecule has 1 aromatic heterocycles. The zero-order valence-electron chi connectivity index (χ0n) is 17.4. The van der Waals surface area contributed by atoms with Gasteiger partial charge in [0, 0.05) is 16.8 Å². The molecule has 0 spiro atoms. The van der Waals surface area contributed by atoms with Gasteiger partial charge >= 0.3 is 0 Å². The van der Waals surface area contributed by atoms with Crippen LogP contribution >= 0.6 is 11.6 Å². The summed E-state index contributed by atoms with van der Waals surface area (Å²) >= 11 is 6.07. The Labute approximate surface area is 182 Å². The molecule has 0 bridgehead atoms. The Morgan fingerprint density at radius 3 is 2.43 bits per heavy atom. The predicted molar refractivity (Wildman–Crippen MR) is 120 cm³/mol. The van der Waals surface area contributed by atoms with E-state index in [1.54, 1.807) is 4.90 Å². The van der Waals surface area contributed by atoms with Gasteiger partial charge in [-0.25, -0.2) is 0 Å². The third-order valence-electron chi connectivity index (χ3n) is 5.66. The second-order valence-corrected chi connectivity index (χ2v) is 8.31. The molecule has 4 rings (SSSR count). The largest absolute Gasteiger partial charge is 0.332 e. The summed E-state index contributed by atoms with van der Waals surface area (Å²) in [5.74, 6) is 0.0646. The Hall–Kier alpha value is -2.63. The first-order valence-electron chi connectivity index (χ1n) is 10.6. The fourth-order valence-electron chi connectivity index (χ4n) is 4.05. The molecule has 2 heterocycles. The van der Waals surface area contributed by atoms with E-state index in [2.05, 4.69) is 19.1 Å². The molecule has 0 atom stereocenters. The fourth-order valence-corrected chi connectivity index (χ4v) is 4.18. The highest BCUT2D eigenvalue weighted by molar-refractivity contribution is 6.30. The van der Waals surface area contributed by atoms with Gasteiger partial charge in [-0.15, -0.1) is 0 Å². The van der Waals surface area contributed by atoms with Crippen molar-refractivity contribution in [3.63, 3.8) is 0 Å². The van der Waals surface area contributed by atoms with Crippen molar-refractivity contribution < 1.29 is 9.69 Å². The van der Waals surface area contributed by atoms with E-state index in [1.165, 1.54) is 13.0 Å². The molecule has 6 heteroatoms. The number of amides is 1. The maximum absolute atomic E-state index is 13.4. The van der Waals surface area contributed by atoms with Crippen LogP contribution in [0.4, 0.5) is 0 Å². The molecule has 3 aromatic rings. The van der Waals surface area contributed by atoms with Gasteiger partial charge in [0.05, 0.1) is 44.8 Å². The van der Waals surface area contributed by atoms with Crippen LogP contribution in [0.1, 0.15) is 29.3 Å². The van der Waals surface area contributed by atoms with Crippen LogP contribution in [0.3, 0.4) is 0 Å². The van der Waals surface area contributed by atoms with Crippen molar-refractivity contribution in [1.82, 2.24) is 14.7 Å². The van der Waals surface area contributed by atoms with Gasteiger partial charge < -0.3 is 9.80 Å². The van der Waals surface area contributed by atoms with E-state index < -0.39 is 0 Å². The molecule has 1 aliphatic rings. The number of halogens is 1. The van der Waals surface area contributed by atoms with Crippen molar-refractivity contribution >= 4 is 17.5 Å². The second-order valence-electron chi connectivity index (χ2n) is 7.87. The molecule has 1 aliphatic heterocycles. The summed E-state index contributed by atoms with van der Waals surface area (Å²) in [6.45, 7) is 7.61. The first-order chi connectivity index (χ1) is 14.6. The van der Waals surface area contributed by atoms with Gasteiger partial charge in [-0.05, 0) is 24.1 Å². The Morgan fingerprint density at radius 1 is 1.07 bits per heavy atom. The topological polar surface area (TPSA) is 42.6 Å². The van der Waals surface area contributed by atoms with E-state index in [-0.39, 0.29) is 5.91 Å². The summed E-state index contributed by atoms with van der Waals surface area (Å²) in [6.07, 6.45) is 3.07. The Kier molecular flexibility index (Phi) is 6.50. The summed E-state index contributed by atoms with van der Waals surface area (Å²) in [6, 6.07) is 17.7. The van der Waals surface area contributed by atoms with Crippen molar-refractivity contribution in [3.05, 3.63) is 76.9 Å². The zero-order valence-corrected chi connectivity index (χ0v) is 18.1. The molecule has 0 saturated carbocycles.